The zero-order valence-electron chi connectivity index (χ0n) is 41.9. The summed E-state index contributed by atoms with van der Waals surface area (Å²) in [5.74, 6) is -8.35. The Balaban J connectivity index is 2.15. The average Bonchev–Trinajstić information content (AvgIpc) is 3.81. The lowest BCUT2D eigenvalue weighted by Crippen LogP contribution is -2.60. The van der Waals surface area contributed by atoms with Gasteiger partial charge < -0.3 is 75.3 Å². The number of rotatable bonds is 31. The summed E-state index contributed by atoms with van der Waals surface area (Å²) in [5, 5.41) is 37.9. The summed E-state index contributed by atoms with van der Waals surface area (Å²) in [5.41, 5.74) is 23.0. The van der Waals surface area contributed by atoms with Crippen LogP contribution in [0.15, 0.2) is 35.3 Å². The molecule has 1 aliphatic heterocycles. The Kier molecular flexibility index (Phi) is 26.6. The molecule has 0 saturated carbocycles. The molecule has 398 valence electrons. The molecule has 24 heteroatoms. The number of aliphatic hydroxyl groups is 1. The summed E-state index contributed by atoms with van der Waals surface area (Å²) in [6.07, 6.45) is 2.55. The molecule has 8 atom stereocenters. The highest BCUT2D eigenvalue weighted by atomic mass is 16.4. The van der Waals surface area contributed by atoms with Crippen molar-refractivity contribution in [2.45, 2.75) is 148 Å². The lowest BCUT2D eigenvalue weighted by molar-refractivity contribution is -0.143. The Morgan fingerprint density at radius 3 is 1.89 bits per heavy atom. The van der Waals surface area contributed by atoms with Crippen LogP contribution in [0, 0.1) is 17.8 Å². The highest BCUT2D eigenvalue weighted by molar-refractivity contribution is 5.97. The molecule has 0 aliphatic carbocycles. The van der Waals surface area contributed by atoms with E-state index in [1.54, 1.807) is 58.0 Å². The van der Waals surface area contributed by atoms with E-state index in [1.807, 2.05) is 13.8 Å². The number of carbonyl (C=O) groups is 9. The largest absolute Gasteiger partial charge is 0.480 e. The van der Waals surface area contributed by atoms with Gasteiger partial charge in [-0.05, 0) is 74.8 Å². The van der Waals surface area contributed by atoms with Crippen LogP contribution in [-0.2, 0) is 49.6 Å². The van der Waals surface area contributed by atoms with Crippen molar-refractivity contribution in [1.29, 1.82) is 0 Å². The van der Waals surface area contributed by atoms with Gasteiger partial charge in [0.2, 0.25) is 47.3 Å². The fourth-order valence-electron chi connectivity index (χ4n) is 7.74. The van der Waals surface area contributed by atoms with Gasteiger partial charge in [0.25, 0.3) is 0 Å². The van der Waals surface area contributed by atoms with Crippen LogP contribution in [-0.4, -0.2) is 155 Å². The Morgan fingerprint density at radius 2 is 1.31 bits per heavy atom. The van der Waals surface area contributed by atoms with Crippen molar-refractivity contribution in [3.05, 3.63) is 35.9 Å². The first-order valence-electron chi connectivity index (χ1n) is 24.3. The number of benzene rings is 1. The van der Waals surface area contributed by atoms with Gasteiger partial charge in [-0.1, -0.05) is 78.3 Å². The van der Waals surface area contributed by atoms with E-state index in [-0.39, 0.29) is 57.1 Å². The molecule has 2 rings (SSSR count). The monoisotopic (exact) mass is 1000 g/mol. The predicted molar refractivity (Wildman–Crippen MR) is 264 cm³/mol. The van der Waals surface area contributed by atoms with Crippen molar-refractivity contribution in [2.75, 3.05) is 32.8 Å². The van der Waals surface area contributed by atoms with Gasteiger partial charge in [0.05, 0.1) is 19.2 Å². The zero-order chi connectivity index (χ0) is 53.4. The van der Waals surface area contributed by atoms with Gasteiger partial charge in [-0.3, -0.25) is 43.3 Å². The van der Waals surface area contributed by atoms with Crippen LogP contribution >= 0.6 is 0 Å². The minimum absolute atomic E-state index is 0.00504. The maximum atomic E-state index is 13.9. The lowest BCUT2D eigenvalue weighted by atomic mass is 9.99. The summed E-state index contributed by atoms with van der Waals surface area (Å²) in [6, 6.07) is -0.833. The van der Waals surface area contributed by atoms with Gasteiger partial charge in [-0.2, -0.15) is 0 Å². The topological polar surface area (TPSA) is 398 Å². The number of hydrogen-bond donors (Lipinski definition) is 13. The molecule has 1 aromatic carbocycles. The van der Waals surface area contributed by atoms with Crippen molar-refractivity contribution >= 4 is 59.2 Å². The second-order valence-electron chi connectivity index (χ2n) is 18.9. The molecule has 0 radical (unpaired) electrons. The number of guanidine groups is 1. The van der Waals surface area contributed by atoms with E-state index in [2.05, 4.69) is 42.2 Å². The second-order valence-corrected chi connectivity index (χ2v) is 18.9. The molecule has 71 heavy (non-hydrogen) atoms. The maximum absolute atomic E-state index is 13.9. The highest BCUT2D eigenvalue weighted by Crippen LogP contribution is 2.21. The zero-order valence-corrected chi connectivity index (χ0v) is 41.9. The standard InChI is InChI=1S/C47H79N13O11/c1-26(2)22-32(41(65)54-31(17-12-20-52-47(50)51)40(64)56-33(46(70)71)23-29-14-8-7-9-15-29)55-44(68)37(27(3)4)58-36(62)24-53-43(67)35-18-13-21-60(35)45(69)38(28(5)6)59-42(66)34(25-61)57-39(63)30(49)16-10-11-19-48/h7-9,14-15,26-28,30-35,37-38,61H,10-13,16-25,48-49H2,1-6H3,(H,53,67)(H,54,65)(H,55,68)(H,56,64)(H,57,63)(H,58,62)(H,59,66)(H,70,71)(H4,50,51,52)/t30-,31-,32-,33-,34-,35-,37-,38-/m0/s1. The summed E-state index contributed by atoms with van der Waals surface area (Å²) in [4.78, 5) is 126. The van der Waals surface area contributed by atoms with Crippen molar-refractivity contribution in [2.24, 2.45) is 45.7 Å². The Labute approximate surface area is 415 Å². The van der Waals surface area contributed by atoms with Crippen LogP contribution in [0.3, 0.4) is 0 Å². The van der Waals surface area contributed by atoms with E-state index in [0.29, 0.717) is 37.8 Å². The Morgan fingerprint density at radius 1 is 0.718 bits per heavy atom. The molecule has 0 aromatic heterocycles. The quantitative estimate of drug-likeness (QED) is 0.0203. The number of aliphatic imine (C=N–C) groups is 1. The van der Waals surface area contributed by atoms with Gasteiger partial charge in [0, 0.05) is 19.5 Å². The SMILES string of the molecule is CC(C)C[C@H](NC(=O)[C@@H](NC(=O)CNC(=O)[C@@H]1CCCN1C(=O)[C@@H](NC(=O)[C@H](CO)NC(=O)[C@@H](N)CCCCN)C(C)C)C(C)C)C(=O)N[C@@H](CCCN=C(N)N)C(=O)N[C@@H](Cc1ccccc1)C(=O)O. The van der Waals surface area contributed by atoms with Crippen LogP contribution in [0.25, 0.3) is 0 Å². The molecule has 0 bridgehead atoms. The second kappa shape index (κ2) is 31.0. The third-order valence-electron chi connectivity index (χ3n) is 11.7. The number of nitrogens with one attached hydrogen (secondary N) is 7. The summed E-state index contributed by atoms with van der Waals surface area (Å²) >= 11 is 0. The van der Waals surface area contributed by atoms with E-state index >= 15 is 0 Å². The van der Waals surface area contributed by atoms with E-state index in [1.165, 1.54) is 4.90 Å². The van der Waals surface area contributed by atoms with Crippen LogP contribution in [0.2, 0.25) is 0 Å². The molecule has 17 N–H and O–H groups in total. The number of nitrogens with zero attached hydrogens (tertiary/aromatic N) is 2. The molecular formula is C47H79N13O11. The molecule has 0 unspecified atom stereocenters. The fourth-order valence-corrected chi connectivity index (χ4v) is 7.74. The van der Waals surface area contributed by atoms with Crippen LogP contribution in [0.5, 0.6) is 0 Å². The van der Waals surface area contributed by atoms with Crippen molar-refractivity contribution < 1.29 is 53.4 Å². The number of unbranched alkanes of at least 4 members (excludes halogenated alkanes) is 1. The van der Waals surface area contributed by atoms with Crippen LogP contribution in [0.1, 0.15) is 98.5 Å². The van der Waals surface area contributed by atoms with Crippen molar-refractivity contribution in [3.63, 3.8) is 0 Å². The van der Waals surface area contributed by atoms with E-state index in [9.17, 15) is 53.4 Å². The molecule has 1 aromatic rings. The first-order valence-corrected chi connectivity index (χ1v) is 24.3. The van der Waals surface area contributed by atoms with E-state index < -0.39 is 127 Å². The van der Waals surface area contributed by atoms with Gasteiger partial charge >= 0.3 is 5.97 Å². The number of carboxylic acids is 1. The molecule has 1 aliphatic rings. The van der Waals surface area contributed by atoms with Gasteiger partial charge in [-0.15, -0.1) is 0 Å². The summed E-state index contributed by atoms with van der Waals surface area (Å²) in [6.45, 7) is 9.65. The Hall–Kier alpha value is -6.40. The number of hydrogen-bond acceptors (Lipinski definition) is 13. The molecule has 8 amide bonds. The maximum Gasteiger partial charge on any atom is 0.326 e. The number of amides is 8. The predicted octanol–water partition coefficient (Wildman–Crippen LogP) is -2.81. The van der Waals surface area contributed by atoms with Crippen molar-refractivity contribution in [1.82, 2.24) is 42.1 Å². The van der Waals surface area contributed by atoms with Crippen LogP contribution in [0.4, 0.5) is 0 Å². The summed E-state index contributed by atoms with van der Waals surface area (Å²) in [7, 11) is 0. The van der Waals surface area contributed by atoms with Gasteiger partial charge in [0.1, 0.15) is 42.3 Å². The number of likely N-dealkylation sites (tertiary alicyclic amines) is 1. The minimum Gasteiger partial charge on any atom is -0.480 e. The molecule has 0 spiro atoms. The molecule has 24 nitrogen and oxygen atoms in total. The third-order valence-corrected chi connectivity index (χ3v) is 11.7. The number of carboxylic acid groups (broad SMARTS) is 1. The van der Waals surface area contributed by atoms with Gasteiger partial charge in [0.15, 0.2) is 5.96 Å². The van der Waals surface area contributed by atoms with Gasteiger partial charge in [-0.25, -0.2) is 4.79 Å². The molecule has 1 saturated heterocycles. The van der Waals surface area contributed by atoms with E-state index in [0.717, 1.165) is 0 Å². The molecular weight excluding hydrogens is 923 g/mol. The normalized spacial score (nSPS) is 16.3. The van der Waals surface area contributed by atoms with E-state index in [4.69, 9.17) is 22.9 Å². The molecule has 1 fully saturated rings. The lowest BCUT2D eigenvalue weighted by Gasteiger charge is -2.31. The Bertz CT molecular complexity index is 1970. The fraction of sp³-hybridized carbons (Fsp3) is 0.660. The number of carbonyl (C=O) groups excluding carboxylic acids is 8. The summed E-state index contributed by atoms with van der Waals surface area (Å²) < 4.78 is 0. The third kappa shape index (κ3) is 21.2. The highest BCUT2D eigenvalue weighted by Gasteiger charge is 2.40. The minimum atomic E-state index is -1.40. The smallest absolute Gasteiger partial charge is 0.326 e. The number of nitrogens with two attached hydrogens (primary N) is 4. The first-order chi connectivity index (χ1) is 33.5. The number of aliphatic carboxylic acids is 1. The van der Waals surface area contributed by atoms with Crippen molar-refractivity contribution in [3.8, 4) is 0 Å². The number of aliphatic hydroxyl groups excluding tert-OH is 1. The van der Waals surface area contributed by atoms with Crippen LogP contribution < -0.4 is 60.2 Å². The molecule has 1 heterocycles. The average molecular weight is 1000 g/mol. The first kappa shape index (κ1) is 60.7.